The van der Waals surface area contributed by atoms with Crippen LogP contribution < -0.4 is 5.73 Å². The van der Waals surface area contributed by atoms with Gasteiger partial charge in [0.25, 0.3) is 0 Å². The summed E-state index contributed by atoms with van der Waals surface area (Å²) in [5.74, 6) is -0.285. The van der Waals surface area contributed by atoms with Gasteiger partial charge >= 0.3 is 5.97 Å². The molecule has 0 aliphatic heterocycles. The van der Waals surface area contributed by atoms with E-state index >= 15 is 0 Å². The topological polar surface area (TPSA) is 70.1 Å². The van der Waals surface area contributed by atoms with Crippen LogP contribution in [0.15, 0.2) is 30.6 Å². The summed E-state index contributed by atoms with van der Waals surface area (Å²) in [6.07, 6.45) is 1.53. The molecule has 94 valence electrons. The monoisotopic (exact) mass is 245 g/mol. The molecule has 0 spiro atoms. The maximum atomic E-state index is 11.9. The highest BCUT2D eigenvalue weighted by Gasteiger charge is 2.19. The first-order valence-electron chi connectivity index (χ1n) is 5.71. The zero-order valence-electron chi connectivity index (χ0n) is 10.4. The van der Waals surface area contributed by atoms with Crippen LogP contribution >= 0.6 is 0 Å². The number of hydrogen-bond acceptors (Lipinski definition) is 4. The molecular weight excluding hydrogens is 230 g/mol. The molecule has 0 unspecified atom stereocenters. The van der Waals surface area contributed by atoms with E-state index in [1.54, 1.807) is 11.5 Å². The second-order valence-electron chi connectivity index (χ2n) is 3.86. The summed E-state index contributed by atoms with van der Waals surface area (Å²) in [5.41, 5.74) is 7.89. The highest BCUT2D eigenvalue weighted by Crippen LogP contribution is 2.20. The fraction of sp³-hybridized carbons (Fsp3) is 0.231. The van der Waals surface area contributed by atoms with Gasteiger partial charge < -0.3 is 10.5 Å². The minimum Gasteiger partial charge on any atom is -0.461 e. The van der Waals surface area contributed by atoms with Gasteiger partial charge in [-0.25, -0.2) is 9.78 Å². The molecule has 0 aliphatic rings. The minimum atomic E-state index is -0.462. The van der Waals surface area contributed by atoms with Gasteiger partial charge in [-0.3, -0.25) is 4.57 Å². The Morgan fingerprint density at radius 2 is 2.17 bits per heavy atom. The number of carbonyl (C=O) groups is 1. The molecule has 0 fully saturated rings. The summed E-state index contributed by atoms with van der Waals surface area (Å²) < 4.78 is 6.64. The number of benzene rings is 1. The predicted molar refractivity (Wildman–Crippen MR) is 68.7 cm³/mol. The van der Waals surface area contributed by atoms with E-state index in [1.807, 2.05) is 31.2 Å². The van der Waals surface area contributed by atoms with Gasteiger partial charge in [0.2, 0.25) is 0 Å². The summed E-state index contributed by atoms with van der Waals surface area (Å²) in [6, 6.07) is 7.69. The van der Waals surface area contributed by atoms with Crippen molar-refractivity contribution in [2.45, 2.75) is 13.8 Å². The summed E-state index contributed by atoms with van der Waals surface area (Å²) in [7, 11) is 0. The first-order chi connectivity index (χ1) is 8.65. The van der Waals surface area contributed by atoms with Crippen molar-refractivity contribution in [3.8, 4) is 5.69 Å². The molecule has 18 heavy (non-hydrogen) atoms. The molecule has 1 aromatic heterocycles. The fourth-order valence-electron chi connectivity index (χ4n) is 1.78. The third-order valence-corrected chi connectivity index (χ3v) is 2.64. The largest absolute Gasteiger partial charge is 0.461 e. The lowest BCUT2D eigenvalue weighted by atomic mass is 10.2. The second kappa shape index (κ2) is 4.91. The molecule has 1 heterocycles. The first-order valence-corrected chi connectivity index (χ1v) is 5.71. The molecule has 0 amide bonds. The maximum Gasteiger partial charge on any atom is 0.359 e. The van der Waals surface area contributed by atoms with Crippen LogP contribution in [0, 0.1) is 6.92 Å². The molecule has 2 N–H and O–H groups in total. The number of esters is 1. The van der Waals surface area contributed by atoms with Crippen LogP contribution in [-0.2, 0) is 4.74 Å². The zero-order chi connectivity index (χ0) is 13.1. The van der Waals surface area contributed by atoms with Crippen molar-refractivity contribution < 1.29 is 9.53 Å². The lowest BCUT2D eigenvalue weighted by molar-refractivity contribution is 0.0518. The minimum absolute atomic E-state index is 0.178. The van der Waals surface area contributed by atoms with E-state index in [9.17, 15) is 4.79 Å². The van der Waals surface area contributed by atoms with E-state index in [0.29, 0.717) is 6.61 Å². The zero-order valence-corrected chi connectivity index (χ0v) is 10.4. The molecular formula is C13H15N3O2. The van der Waals surface area contributed by atoms with Crippen LogP contribution in [0.25, 0.3) is 5.69 Å². The molecule has 1 aromatic carbocycles. The van der Waals surface area contributed by atoms with E-state index in [2.05, 4.69) is 4.98 Å². The number of ether oxygens (including phenoxy) is 1. The van der Waals surface area contributed by atoms with Crippen LogP contribution in [0.4, 0.5) is 5.82 Å². The first kappa shape index (κ1) is 12.2. The van der Waals surface area contributed by atoms with Crippen LogP contribution in [0.2, 0.25) is 0 Å². The standard InChI is InChI=1S/C13H15N3O2/c1-3-18-13(17)11-12(14)15-8-16(11)10-7-5-4-6-9(10)2/h4-8H,3,14H2,1-2H3. The number of aryl methyl sites for hydroxylation is 1. The average Bonchev–Trinajstić information content (AvgIpc) is 2.72. The Hall–Kier alpha value is -2.30. The number of anilines is 1. The Labute approximate surface area is 105 Å². The van der Waals surface area contributed by atoms with Crippen LogP contribution in [0.5, 0.6) is 0 Å². The number of hydrogen-bond donors (Lipinski definition) is 1. The van der Waals surface area contributed by atoms with E-state index in [4.69, 9.17) is 10.5 Å². The normalized spacial score (nSPS) is 10.3. The Kier molecular flexibility index (Phi) is 3.32. The third-order valence-electron chi connectivity index (χ3n) is 2.64. The van der Waals surface area contributed by atoms with E-state index in [1.165, 1.54) is 6.33 Å². The lowest BCUT2D eigenvalue weighted by Crippen LogP contribution is -2.13. The molecule has 0 saturated carbocycles. The van der Waals surface area contributed by atoms with Crippen LogP contribution in [0.3, 0.4) is 0 Å². The number of carbonyl (C=O) groups excluding carboxylic acids is 1. The SMILES string of the molecule is CCOC(=O)c1c(N)ncn1-c1ccccc1C. The van der Waals surface area contributed by atoms with Crippen molar-refractivity contribution in [3.05, 3.63) is 41.9 Å². The third kappa shape index (κ3) is 2.07. The average molecular weight is 245 g/mol. The van der Waals surface area contributed by atoms with Crippen molar-refractivity contribution in [1.29, 1.82) is 0 Å². The summed E-state index contributed by atoms with van der Waals surface area (Å²) in [5, 5.41) is 0. The van der Waals surface area contributed by atoms with E-state index in [-0.39, 0.29) is 11.5 Å². The van der Waals surface area contributed by atoms with Gasteiger partial charge in [-0.05, 0) is 25.5 Å². The van der Waals surface area contributed by atoms with Crippen LogP contribution in [0.1, 0.15) is 23.0 Å². The molecule has 0 radical (unpaired) electrons. The fourth-order valence-corrected chi connectivity index (χ4v) is 1.78. The van der Waals surface area contributed by atoms with Gasteiger partial charge in [-0.2, -0.15) is 0 Å². The van der Waals surface area contributed by atoms with Gasteiger partial charge in [0.15, 0.2) is 11.5 Å². The highest BCUT2D eigenvalue weighted by molar-refractivity contribution is 5.93. The highest BCUT2D eigenvalue weighted by atomic mass is 16.5. The molecule has 0 bridgehead atoms. The van der Waals surface area contributed by atoms with Gasteiger partial charge in [0.05, 0.1) is 12.3 Å². The Morgan fingerprint density at radius 3 is 2.83 bits per heavy atom. The molecule has 2 aromatic rings. The number of nitrogens with zero attached hydrogens (tertiary/aromatic N) is 2. The van der Waals surface area contributed by atoms with Crippen LogP contribution in [-0.4, -0.2) is 22.1 Å². The van der Waals surface area contributed by atoms with Crippen molar-refractivity contribution in [2.24, 2.45) is 0 Å². The number of para-hydroxylation sites is 1. The second-order valence-corrected chi connectivity index (χ2v) is 3.86. The quantitative estimate of drug-likeness (QED) is 0.839. The number of nitrogen functional groups attached to an aromatic ring is 1. The maximum absolute atomic E-state index is 11.9. The van der Waals surface area contributed by atoms with Crippen molar-refractivity contribution in [3.63, 3.8) is 0 Å². The van der Waals surface area contributed by atoms with Crippen molar-refractivity contribution >= 4 is 11.8 Å². The summed E-state index contributed by atoms with van der Waals surface area (Å²) in [4.78, 5) is 15.8. The summed E-state index contributed by atoms with van der Waals surface area (Å²) >= 11 is 0. The Bertz CT molecular complexity index is 575. The number of nitrogens with two attached hydrogens (primary N) is 1. The molecule has 5 heteroatoms. The Balaban J connectivity index is 2.53. The Morgan fingerprint density at radius 1 is 1.44 bits per heavy atom. The number of imidazole rings is 1. The van der Waals surface area contributed by atoms with E-state index < -0.39 is 5.97 Å². The smallest absolute Gasteiger partial charge is 0.359 e. The lowest BCUT2D eigenvalue weighted by Gasteiger charge is -2.10. The number of aromatic nitrogens is 2. The molecule has 0 aliphatic carbocycles. The molecule has 5 nitrogen and oxygen atoms in total. The van der Waals surface area contributed by atoms with Crippen molar-refractivity contribution in [2.75, 3.05) is 12.3 Å². The molecule has 2 rings (SSSR count). The van der Waals surface area contributed by atoms with Gasteiger partial charge in [0, 0.05) is 0 Å². The van der Waals surface area contributed by atoms with E-state index in [0.717, 1.165) is 11.3 Å². The van der Waals surface area contributed by atoms with Gasteiger partial charge in [0.1, 0.15) is 6.33 Å². The number of rotatable bonds is 3. The predicted octanol–water partition coefficient (Wildman–Crippen LogP) is 1.94. The molecule has 0 saturated heterocycles. The summed E-state index contributed by atoms with van der Waals surface area (Å²) in [6.45, 7) is 4.01. The van der Waals surface area contributed by atoms with Gasteiger partial charge in [-0.1, -0.05) is 18.2 Å². The molecule has 0 atom stereocenters. The van der Waals surface area contributed by atoms with Gasteiger partial charge in [-0.15, -0.1) is 0 Å². The van der Waals surface area contributed by atoms with Crippen molar-refractivity contribution in [1.82, 2.24) is 9.55 Å².